The van der Waals surface area contributed by atoms with Crippen molar-refractivity contribution in [1.29, 1.82) is 0 Å². The monoisotopic (exact) mass is 578 g/mol. The van der Waals surface area contributed by atoms with Crippen LogP contribution in [0.5, 0.6) is 0 Å². The first-order valence-corrected chi connectivity index (χ1v) is 14.5. The number of nitrogens with zero attached hydrogens (tertiary/aromatic N) is 1. The first kappa shape index (κ1) is 27.6. The van der Waals surface area contributed by atoms with Crippen molar-refractivity contribution >= 4 is 33.0 Å². The van der Waals surface area contributed by atoms with Crippen LogP contribution in [-0.4, -0.2) is 31.2 Å². The molecule has 1 amide bonds. The molecule has 2 unspecified atom stereocenters. The van der Waals surface area contributed by atoms with Crippen LogP contribution in [-0.2, 0) is 21.2 Å². The van der Waals surface area contributed by atoms with E-state index >= 15 is 0 Å². The normalized spacial score (nSPS) is 22.6. The van der Waals surface area contributed by atoms with Gasteiger partial charge in [0.15, 0.2) is 27.3 Å². The summed E-state index contributed by atoms with van der Waals surface area (Å²) in [7, 11) is -3.89. The summed E-state index contributed by atoms with van der Waals surface area (Å²) >= 11 is 6.32. The van der Waals surface area contributed by atoms with E-state index in [2.05, 4.69) is 10.3 Å². The topological polar surface area (TPSA) is 85.4 Å². The number of sulfone groups is 1. The van der Waals surface area contributed by atoms with E-state index in [-0.39, 0.29) is 38.9 Å². The summed E-state index contributed by atoms with van der Waals surface area (Å²) in [6, 6.07) is 8.88. The van der Waals surface area contributed by atoms with Gasteiger partial charge < -0.3 is 10.1 Å². The SMILES string of the molecule is O=C(Nc1cc(F)c(F)c(F)c1)c1ccc(Cl)c(S(=O)(=O)C2C3CCC2CC(COCc2ccncc2)C3)c1. The van der Waals surface area contributed by atoms with E-state index in [1.165, 1.54) is 18.2 Å². The number of anilines is 1. The van der Waals surface area contributed by atoms with Gasteiger partial charge in [0.1, 0.15) is 0 Å². The minimum absolute atomic E-state index is 0.00683. The Labute approximate surface area is 229 Å². The first-order valence-electron chi connectivity index (χ1n) is 12.6. The lowest BCUT2D eigenvalue weighted by molar-refractivity contribution is 0.0626. The summed E-state index contributed by atoms with van der Waals surface area (Å²) in [4.78, 5) is 16.6. The Morgan fingerprint density at radius 2 is 1.64 bits per heavy atom. The maximum Gasteiger partial charge on any atom is 0.255 e. The number of aromatic nitrogens is 1. The second-order valence-corrected chi connectivity index (χ2v) is 12.6. The third-order valence-corrected chi connectivity index (χ3v) is 10.5. The molecule has 1 aromatic heterocycles. The highest BCUT2D eigenvalue weighted by Gasteiger charge is 2.50. The van der Waals surface area contributed by atoms with Gasteiger partial charge in [0.25, 0.3) is 5.91 Å². The van der Waals surface area contributed by atoms with Crippen molar-refractivity contribution in [3.05, 3.63) is 88.5 Å². The number of carbonyl (C=O) groups is 1. The Balaban J connectivity index is 1.29. The number of hydrogen-bond acceptors (Lipinski definition) is 5. The fourth-order valence-electron chi connectivity index (χ4n) is 5.90. The van der Waals surface area contributed by atoms with Crippen molar-refractivity contribution < 1.29 is 31.1 Å². The largest absolute Gasteiger partial charge is 0.376 e. The molecular formula is C28H26ClF3N2O4S. The van der Waals surface area contributed by atoms with Gasteiger partial charge in [0, 0.05) is 42.4 Å². The Kier molecular flexibility index (Phi) is 7.98. The van der Waals surface area contributed by atoms with Gasteiger partial charge in [-0.1, -0.05) is 11.6 Å². The summed E-state index contributed by atoms with van der Waals surface area (Å²) in [5.41, 5.74) is 0.657. The molecule has 206 valence electrons. The minimum atomic E-state index is -3.89. The number of pyridine rings is 1. The lowest BCUT2D eigenvalue weighted by atomic mass is 9.81. The van der Waals surface area contributed by atoms with Crippen LogP contribution in [0.4, 0.5) is 18.9 Å². The lowest BCUT2D eigenvalue weighted by Crippen LogP contribution is -2.38. The molecule has 11 heteroatoms. The summed E-state index contributed by atoms with van der Waals surface area (Å²) in [6.45, 7) is 1.01. The van der Waals surface area contributed by atoms with Crippen molar-refractivity contribution in [3.8, 4) is 0 Å². The minimum Gasteiger partial charge on any atom is -0.376 e. The van der Waals surface area contributed by atoms with Crippen molar-refractivity contribution in [3.63, 3.8) is 0 Å². The van der Waals surface area contributed by atoms with Crippen LogP contribution in [0.25, 0.3) is 0 Å². The molecule has 39 heavy (non-hydrogen) atoms. The van der Waals surface area contributed by atoms with E-state index in [1.54, 1.807) is 12.4 Å². The second kappa shape index (κ2) is 11.3. The maximum atomic E-state index is 13.8. The first-order chi connectivity index (χ1) is 18.6. The highest BCUT2D eigenvalue weighted by molar-refractivity contribution is 7.92. The molecule has 5 rings (SSSR count). The third kappa shape index (κ3) is 5.83. The standard InChI is InChI=1S/C28H26ClF3N2O4S/c29-22-4-3-20(28(35)34-21-12-23(30)26(32)24(31)13-21)11-25(22)39(36,37)27-18-1-2-19(27)10-17(9-18)15-38-14-16-5-7-33-8-6-16/h3-8,11-13,17-19,27H,1-2,9-10,14-15H2,(H,34,35). The molecular weight excluding hydrogens is 553 g/mol. The van der Waals surface area contributed by atoms with Crippen molar-refractivity contribution in [2.45, 2.75) is 42.4 Å². The molecule has 0 radical (unpaired) electrons. The Bertz CT molecular complexity index is 1450. The Morgan fingerprint density at radius 3 is 2.28 bits per heavy atom. The molecule has 2 atom stereocenters. The van der Waals surface area contributed by atoms with Crippen LogP contribution in [0, 0.1) is 35.2 Å². The van der Waals surface area contributed by atoms with Crippen LogP contribution in [0.3, 0.4) is 0 Å². The maximum absolute atomic E-state index is 13.8. The zero-order chi connectivity index (χ0) is 27.7. The highest BCUT2D eigenvalue weighted by atomic mass is 35.5. The fourth-order valence-corrected chi connectivity index (χ4v) is 8.78. The molecule has 2 aliphatic rings. The highest BCUT2D eigenvalue weighted by Crippen LogP contribution is 2.50. The predicted molar refractivity (Wildman–Crippen MR) is 140 cm³/mol. The Hall–Kier alpha value is -2.95. The lowest BCUT2D eigenvalue weighted by Gasteiger charge is -2.35. The number of benzene rings is 2. The number of nitrogens with one attached hydrogen (secondary N) is 1. The van der Waals surface area contributed by atoms with E-state index in [4.69, 9.17) is 16.3 Å². The Morgan fingerprint density at radius 1 is 1.00 bits per heavy atom. The summed E-state index contributed by atoms with van der Waals surface area (Å²) in [5.74, 6) is -5.25. The zero-order valence-electron chi connectivity index (χ0n) is 20.7. The number of fused-ring (bicyclic) bond motifs is 2. The zero-order valence-corrected chi connectivity index (χ0v) is 22.3. The number of amides is 1. The molecule has 1 heterocycles. The molecule has 1 N–H and O–H groups in total. The van der Waals surface area contributed by atoms with E-state index in [9.17, 15) is 26.4 Å². The fraction of sp³-hybridized carbons (Fsp3) is 0.357. The van der Waals surface area contributed by atoms with Gasteiger partial charge in [0.05, 0.1) is 21.8 Å². The van der Waals surface area contributed by atoms with Crippen LogP contribution < -0.4 is 5.32 Å². The van der Waals surface area contributed by atoms with Gasteiger partial charge in [-0.2, -0.15) is 0 Å². The van der Waals surface area contributed by atoms with Crippen molar-refractivity contribution in [2.24, 2.45) is 17.8 Å². The average molecular weight is 579 g/mol. The summed E-state index contributed by atoms with van der Waals surface area (Å²) in [5, 5.41) is 1.64. The molecule has 0 spiro atoms. The van der Waals surface area contributed by atoms with E-state index in [1.807, 2.05) is 12.1 Å². The number of halogens is 4. The molecule has 2 saturated carbocycles. The molecule has 0 aliphatic heterocycles. The molecule has 2 aliphatic carbocycles. The quantitative estimate of drug-likeness (QED) is 0.322. The molecule has 6 nitrogen and oxygen atoms in total. The van der Waals surface area contributed by atoms with Crippen LogP contribution in [0.15, 0.2) is 59.8 Å². The smallest absolute Gasteiger partial charge is 0.255 e. The van der Waals surface area contributed by atoms with E-state index < -0.39 is 38.4 Å². The summed E-state index contributed by atoms with van der Waals surface area (Å²) < 4.78 is 73.9. The van der Waals surface area contributed by atoms with Gasteiger partial charge in [-0.05, 0) is 79.3 Å². The van der Waals surface area contributed by atoms with E-state index in [0.29, 0.717) is 25.3 Å². The van der Waals surface area contributed by atoms with Gasteiger partial charge in [-0.25, -0.2) is 21.6 Å². The van der Waals surface area contributed by atoms with Gasteiger partial charge >= 0.3 is 0 Å². The predicted octanol–water partition coefficient (Wildman–Crippen LogP) is 6.20. The number of hydrogen-bond donors (Lipinski definition) is 1. The molecule has 2 aromatic carbocycles. The number of ether oxygens (including phenoxy) is 1. The molecule has 2 bridgehead atoms. The van der Waals surface area contributed by atoms with Crippen molar-refractivity contribution in [2.75, 3.05) is 11.9 Å². The number of carbonyl (C=O) groups excluding carboxylic acids is 1. The van der Waals surface area contributed by atoms with E-state index in [0.717, 1.165) is 31.2 Å². The number of rotatable bonds is 8. The molecule has 2 fully saturated rings. The van der Waals surface area contributed by atoms with Crippen LogP contribution >= 0.6 is 11.6 Å². The van der Waals surface area contributed by atoms with Gasteiger partial charge in [0.2, 0.25) is 0 Å². The molecule has 0 saturated heterocycles. The second-order valence-electron chi connectivity index (χ2n) is 10.2. The third-order valence-electron chi connectivity index (χ3n) is 7.58. The van der Waals surface area contributed by atoms with Crippen LogP contribution in [0.1, 0.15) is 41.6 Å². The average Bonchev–Trinajstić information content (AvgIpc) is 3.19. The van der Waals surface area contributed by atoms with Crippen molar-refractivity contribution in [1.82, 2.24) is 4.98 Å². The van der Waals surface area contributed by atoms with Gasteiger partial charge in [-0.3, -0.25) is 9.78 Å². The summed E-state index contributed by atoms with van der Waals surface area (Å²) in [6.07, 6.45) is 6.43. The van der Waals surface area contributed by atoms with Crippen LogP contribution in [0.2, 0.25) is 5.02 Å². The molecule has 3 aromatic rings. The van der Waals surface area contributed by atoms with Gasteiger partial charge in [-0.15, -0.1) is 0 Å².